The molecule has 0 bridgehead atoms. The van der Waals surface area contributed by atoms with Gasteiger partial charge in [-0.25, -0.2) is 0 Å². The van der Waals surface area contributed by atoms with Crippen LogP contribution in [0.2, 0.25) is 10.0 Å². The fourth-order valence-electron chi connectivity index (χ4n) is 2.43. The molecule has 0 saturated heterocycles. The van der Waals surface area contributed by atoms with Gasteiger partial charge in [-0.3, -0.25) is 14.4 Å². The lowest BCUT2D eigenvalue weighted by molar-refractivity contribution is -0.145. The van der Waals surface area contributed by atoms with E-state index in [1.807, 2.05) is 26.0 Å². The Morgan fingerprint density at radius 1 is 1.04 bits per heavy atom. The van der Waals surface area contributed by atoms with E-state index in [4.69, 9.17) is 27.9 Å². The van der Waals surface area contributed by atoms with E-state index in [1.165, 1.54) is 25.1 Å². The van der Waals surface area contributed by atoms with Gasteiger partial charge in [-0.1, -0.05) is 40.9 Å². The number of nitrogens with one attached hydrogen (secondary N) is 1. The van der Waals surface area contributed by atoms with Gasteiger partial charge < -0.3 is 10.1 Å². The second kappa shape index (κ2) is 9.02. The highest BCUT2D eigenvalue weighted by molar-refractivity contribution is 6.36. The maximum absolute atomic E-state index is 12.5. The molecule has 7 heteroatoms. The van der Waals surface area contributed by atoms with Crippen LogP contribution < -0.4 is 5.32 Å². The van der Waals surface area contributed by atoms with Crippen molar-refractivity contribution in [3.8, 4) is 0 Å². The van der Waals surface area contributed by atoms with E-state index >= 15 is 0 Å². The van der Waals surface area contributed by atoms with Gasteiger partial charge >= 0.3 is 5.97 Å². The number of carbonyl (C=O) groups excluding carboxylic acids is 3. The van der Waals surface area contributed by atoms with Crippen molar-refractivity contribution < 1.29 is 19.1 Å². The van der Waals surface area contributed by atoms with Gasteiger partial charge in [-0.15, -0.1) is 0 Å². The fourth-order valence-corrected chi connectivity index (χ4v) is 2.93. The standard InChI is InChI=1S/C20H19Cl2NO4/c1-11-4-5-12(2)16(8-11)19(25)13(3)27-18(24)10-23-20(26)15-7-6-14(21)9-17(15)22/h4-9,13H,10H2,1-3H3,(H,23,26)/t13-/m0/s1. The van der Waals surface area contributed by atoms with Crippen LogP contribution in [0.5, 0.6) is 0 Å². The van der Waals surface area contributed by atoms with Crippen molar-refractivity contribution in [2.75, 3.05) is 6.54 Å². The van der Waals surface area contributed by atoms with E-state index < -0.39 is 18.0 Å². The Morgan fingerprint density at radius 3 is 2.41 bits per heavy atom. The number of hydrogen-bond donors (Lipinski definition) is 1. The lowest BCUT2D eigenvalue weighted by Crippen LogP contribution is -2.34. The molecular formula is C20H19Cl2NO4. The number of halogens is 2. The summed E-state index contributed by atoms with van der Waals surface area (Å²) in [4.78, 5) is 36.6. The molecule has 2 rings (SSSR count). The van der Waals surface area contributed by atoms with Gasteiger partial charge in [0.05, 0.1) is 10.6 Å². The Hall–Kier alpha value is -2.37. The van der Waals surface area contributed by atoms with Gasteiger partial charge in [0.1, 0.15) is 6.54 Å². The maximum atomic E-state index is 12.5. The van der Waals surface area contributed by atoms with E-state index in [-0.39, 0.29) is 22.9 Å². The topological polar surface area (TPSA) is 72.5 Å². The van der Waals surface area contributed by atoms with E-state index in [1.54, 1.807) is 6.07 Å². The zero-order valence-corrected chi connectivity index (χ0v) is 16.6. The third kappa shape index (κ3) is 5.55. The molecule has 2 aromatic carbocycles. The summed E-state index contributed by atoms with van der Waals surface area (Å²) in [5, 5.41) is 2.98. The molecule has 0 aliphatic heterocycles. The monoisotopic (exact) mass is 407 g/mol. The maximum Gasteiger partial charge on any atom is 0.326 e. The minimum Gasteiger partial charge on any atom is -0.453 e. The molecular weight excluding hydrogens is 389 g/mol. The fraction of sp³-hybridized carbons (Fsp3) is 0.250. The minimum atomic E-state index is -0.964. The molecule has 0 spiro atoms. The summed E-state index contributed by atoms with van der Waals surface area (Å²) in [7, 11) is 0. The lowest BCUT2D eigenvalue weighted by Gasteiger charge is -2.14. The normalized spacial score (nSPS) is 11.6. The number of ketones is 1. The molecule has 1 atom stereocenters. The van der Waals surface area contributed by atoms with Crippen LogP contribution in [0.1, 0.15) is 38.8 Å². The molecule has 0 aliphatic carbocycles. The molecule has 0 aliphatic rings. The predicted octanol–water partition coefficient (Wildman–Crippen LogP) is 4.15. The molecule has 0 fully saturated rings. The number of benzene rings is 2. The highest BCUT2D eigenvalue weighted by Gasteiger charge is 2.21. The SMILES string of the molecule is Cc1ccc(C)c(C(=O)[C@H](C)OC(=O)CNC(=O)c2ccc(Cl)cc2Cl)c1. The third-order valence-corrected chi connectivity index (χ3v) is 4.45. The second-order valence-electron chi connectivity index (χ2n) is 6.12. The Balaban J connectivity index is 1.93. The summed E-state index contributed by atoms with van der Waals surface area (Å²) < 4.78 is 5.14. The van der Waals surface area contributed by atoms with Crippen LogP contribution in [-0.4, -0.2) is 30.3 Å². The molecule has 0 radical (unpaired) electrons. The van der Waals surface area contributed by atoms with Crippen LogP contribution in [0.3, 0.4) is 0 Å². The van der Waals surface area contributed by atoms with Crippen molar-refractivity contribution >= 4 is 40.9 Å². The molecule has 0 aromatic heterocycles. The first-order chi connectivity index (χ1) is 12.7. The second-order valence-corrected chi connectivity index (χ2v) is 6.97. The Labute approximate surface area is 167 Å². The van der Waals surface area contributed by atoms with Crippen molar-refractivity contribution in [1.29, 1.82) is 0 Å². The van der Waals surface area contributed by atoms with Crippen LogP contribution in [-0.2, 0) is 9.53 Å². The zero-order valence-electron chi connectivity index (χ0n) is 15.1. The average Bonchev–Trinajstić information content (AvgIpc) is 2.61. The summed E-state index contributed by atoms with van der Waals surface area (Å²) in [5.74, 6) is -1.56. The first-order valence-corrected chi connectivity index (χ1v) is 8.99. The molecule has 1 N–H and O–H groups in total. The van der Waals surface area contributed by atoms with Gasteiger partial charge in [-0.2, -0.15) is 0 Å². The Bertz CT molecular complexity index is 896. The van der Waals surface area contributed by atoms with E-state index in [2.05, 4.69) is 5.32 Å². The average molecular weight is 408 g/mol. The number of esters is 1. The molecule has 5 nitrogen and oxygen atoms in total. The molecule has 1 amide bonds. The highest BCUT2D eigenvalue weighted by atomic mass is 35.5. The van der Waals surface area contributed by atoms with E-state index in [9.17, 15) is 14.4 Å². The largest absolute Gasteiger partial charge is 0.453 e. The molecule has 0 heterocycles. The first kappa shape index (κ1) is 20.9. The summed E-state index contributed by atoms with van der Waals surface area (Å²) >= 11 is 11.7. The van der Waals surface area contributed by atoms with Gasteiger partial charge in [0, 0.05) is 10.6 Å². The highest BCUT2D eigenvalue weighted by Crippen LogP contribution is 2.20. The summed E-state index contributed by atoms with van der Waals surface area (Å²) in [6.07, 6.45) is -0.964. The van der Waals surface area contributed by atoms with Crippen molar-refractivity contribution in [2.24, 2.45) is 0 Å². The van der Waals surface area contributed by atoms with Crippen LogP contribution in [0.4, 0.5) is 0 Å². The third-order valence-electron chi connectivity index (χ3n) is 3.91. The van der Waals surface area contributed by atoms with Crippen LogP contribution in [0.25, 0.3) is 0 Å². The molecule has 0 saturated carbocycles. The summed E-state index contributed by atoms with van der Waals surface area (Å²) in [5.41, 5.74) is 2.44. The summed E-state index contributed by atoms with van der Waals surface area (Å²) in [6, 6.07) is 9.91. The van der Waals surface area contributed by atoms with Crippen molar-refractivity contribution in [3.63, 3.8) is 0 Å². The van der Waals surface area contributed by atoms with Crippen molar-refractivity contribution in [2.45, 2.75) is 26.9 Å². The summed E-state index contributed by atoms with van der Waals surface area (Å²) in [6.45, 7) is 4.81. The number of rotatable bonds is 6. The number of carbonyl (C=O) groups is 3. The number of amides is 1. The molecule has 2 aromatic rings. The predicted molar refractivity (Wildman–Crippen MR) is 105 cm³/mol. The molecule has 27 heavy (non-hydrogen) atoms. The van der Waals surface area contributed by atoms with Crippen LogP contribution in [0.15, 0.2) is 36.4 Å². The first-order valence-electron chi connectivity index (χ1n) is 8.23. The van der Waals surface area contributed by atoms with Crippen LogP contribution in [0, 0.1) is 13.8 Å². The zero-order chi connectivity index (χ0) is 20.1. The van der Waals surface area contributed by atoms with Crippen molar-refractivity contribution in [1.82, 2.24) is 5.32 Å². The molecule has 0 unspecified atom stereocenters. The van der Waals surface area contributed by atoms with Gasteiger partial charge in [-0.05, 0) is 50.6 Å². The van der Waals surface area contributed by atoms with Gasteiger partial charge in [0.25, 0.3) is 5.91 Å². The number of aryl methyl sites for hydroxylation is 2. The van der Waals surface area contributed by atoms with Crippen LogP contribution >= 0.6 is 23.2 Å². The molecule has 142 valence electrons. The Morgan fingerprint density at radius 2 is 1.74 bits per heavy atom. The van der Waals surface area contributed by atoms with Gasteiger partial charge in [0.2, 0.25) is 5.78 Å². The minimum absolute atomic E-state index is 0.173. The Kier molecular flexibility index (Phi) is 6.99. The quantitative estimate of drug-likeness (QED) is 0.576. The van der Waals surface area contributed by atoms with E-state index in [0.717, 1.165) is 11.1 Å². The van der Waals surface area contributed by atoms with Gasteiger partial charge in [0.15, 0.2) is 6.10 Å². The van der Waals surface area contributed by atoms with E-state index in [0.29, 0.717) is 10.6 Å². The number of ether oxygens (including phenoxy) is 1. The lowest BCUT2D eigenvalue weighted by atomic mass is 9.99. The van der Waals surface area contributed by atoms with Crippen molar-refractivity contribution in [3.05, 3.63) is 68.7 Å². The number of hydrogen-bond acceptors (Lipinski definition) is 4. The smallest absolute Gasteiger partial charge is 0.326 e. The number of Topliss-reactive ketones (excluding diaryl/α,β-unsaturated/α-hetero) is 1.